The molecule has 2 aromatic rings. The number of rotatable bonds is 3. The number of hydrogen-bond acceptors (Lipinski definition) is 1. The van der Waals surface area contributed by atoms with Crippen molar-refractivity contribution < 1.29 is 8.78 Å². The molecule has 0 amide bonds. The lowest BCUT2D eigenvalue weighted by atomic mass is 10.0. The van der Waals surface area contributed by atoms with Crippen LogP contribution in [-0.4, -0.2) is 7.05 Å². The molecule has 0 aliphatic rings. The lowest BCUT2D eigenvalue weighted by Gasteiger charge is -2.07. The van der Waals surface area contributed by atoms with Gasteiger partial charge in [-0.25, -0.2) is 8.78 Å². The van der Waals surface area contributed by atoms with Gasteiger partial charge in [0.1, 0.15) is 11.6 Å². The minimum Gasteiger partial charge on any atom is -0.316 e. The van der Waals surface area contributed by atoms with Crippen molar-refractivity contribution in [2.24, 2.45) is 0 Å². The van der Waals surface area contributed by atoms with Crippen molar-refractivity contribution in [1.82, 2.24) is 5.32 Å². The summed E-state index contributed by atoms with van der Waals surface area (Å²) in [6.45, 7) is 0.556. The second kappa shape index (κ2) is 5.46. The summed E-state index contributed by atoms with van der Waals surface area (Å²) in [5.41, 5.74) is 2.05. The van der Waals surface area contributed by atoms with Gasteiger partial charge in [-0.1, -0.05) is 17.7 Å². The molecule has 0 saturated carbocycles. The molecule has 1 N–H and O–H groups in total. The van der Waals surface area contributed by atoms with Crippen molar-refractivity contribution in [3.05, 3.63) is 58.6 Å². The number of halogens is 3. The monoisotopic (exact) mass is 267 g/mol. The van der Waals surface area contributed by atoms with Crippen LogP contribution in [0.15, 0.2) is 36.4 Å². The Morgan fingerprint density at radius 1 is 1.06 bits per heavy atom. The van der Waals surface area contributed by atoms with Crippen molar-refractivity contribution >= 4 is 11.6 Å². The largest absolute Gasteiger partial charge is 0.316 e. The molecule has 2 aromatic carbocycles. The molecule has 0 fully saturated rings. The molecule has 4 heteroatoms. The van der Waals surface area contributed by atoms with Crippen LogP contribution in [0.25, 0.3) is 11.1 Å². The highest BCUT2D eigenvalue weighted by Crippen LogP contribution is 2.25. The molecule has 94 valence electrons. The summed E-state index contributed by atoms with van der Waals surface area (Å²) in [7, 11) is 1.78. The van der Waals surface area contributed by atoms with Crippen LogP contribution in [0.4, 0.5) is 8.78 Å². The molecule has 0 bridgehead atoms. The van der Waals surface area contributed by atoms with Gasteiger partial charge in [0, 0.05) is 6.54 Å². The van der Waals surface area contributed by atoms with Crippen molar-refractivity contribution in [1.29, 1.82) is 0 Å². The van der Waals surface area contributed by atoms with Gasteiger partial charge < -0.3 is 5.32 Å². The summed E-state index contributed by atoms with van der Waals surface area (Å²) in [5.74, 6) is -0.846. The SMILES string of the molecule is CNCc1cc(F)cc(-c2ccc(Cl)c(F)c2)c1. The van der Waals surface area contributed by atoms with Crippen molar-refractivity contribution in [3.8, 4) is 11.1 Å². The van der Waals surface area contributed by atoms with Gasteiger partial charge in [0.15, 0.2) is 0 Å². The Labute approximate surface area is 109 Å². The molecule has 0 heterocycles. The lowest BCUT2D eigenvalue weighted by molar-refractivity contribution is 0.623. The third-order valence-corrected chi connectivity index (χ3v) is 2.90. The highest BCUT2D eigenvalue weighted by Gasteiger charge is 2.06. The first-order valence-corrected chi connectivity index (χ1v) is 5.87. The predicted molar refractivity (Wildman–Crippen MR) is 69.6 cm³/mol. The van der Waals surface area contributed by atoms with Gasteiger partial charge in [0.25, 0.3) is 0 Å². The van der Waals surface area contributed by atoms with Crippen LogP contribution in [0.3, 0.4) is 0 Å². The summed E-state index contributed by atoms with van der Waals surface area (Å²) in [5, 5.41) is 3.01. The topological polar surface area (TPSA) is 12.0 Å². The summed E-state index contributed by atoms with van der Waals surface area (Å²) in [4.78, 5) is 0. The van der Waals surface area contributed by atoms with E-state index in [0.29, 0.717) is 17.7 Å². The summed E-state index contributed by atoms with van der Waals surface area (Å²) < 4.78 is 26.8. The second-order valence-corrected chi connectivity index (χ2v) is 4.41. The minimum atomic E-state index is -0.506. The number of nitrogens with one attached hydrogen (secondary N) is 1. The van der Waals surface area contributed by atoms with E-state index >= 15 is 0 Å². The fourth-order valence-corrected chi connectivity index (χ4v) is 1.92. The van der Waals surface area contributed by atoms with Crippen LogP contribution in [0.2, 0.25) is 5.02 Å². The lowest BCUT2D eigenvalue weighted by Crippen LogP contribution is -2.05. The van der Waals surface area contributed by atoms with Gasteiger partial charge in [-0.05, 0) is 54.1 Å². The minimum absolute atomic E-state index is 0.0607. The van der Waals surface area contributed by atoms with E-state index in [0.717, 1.165) is 5.56 Å². The second-order valence-electron chi connectivity index (χ2n) is 4.01. The Kier molecular flexibility index (Phi) is 3.94. The maximum absolute atomic E-state index is 13.5. The first-order chi connectivity index (χ1) is 8.60. The summed E-state index contributed by atoms with van der Waals surface area (Å²) >= 11 is 5.62. The molecular formula is C14H12ClF2N. The molecule has 0 aliphatic carbocycles. The van der Waals surface area contributed by atoms with E-state index < -0.39 is 5.82 Å². The van der Waals surface area contributed by atoms with E-state index in [-0.39, 0.29) is 10.8 Å². The quantitative estimate of drug-likeness (QED) is 0.886. The van der Waals surface area contributed by atoms with Crippen molar-refractivity contribution in [2.45, 2.75) is 6.54 Å². The number of hydrogen-bond donors (Lipinski definition) is 1. The highest BCUT2D eigenvalue weighted by atomic mass is 35.5. The molecule has 0 radical (unpaired) electrons. The van der Waals surface area contributed by atoms with Gasteiger partial charge >= 0.3 is 0 Å². The Morgan fingerprint density at radius 2 is 1.83 bits per heavy atom. The molecular weight excluding hydrogens is 256 g/mol. The normalized spacial score (nSPS) is 10.7. The van der Waals surface area contributed by atoms with Crippen LogP contribution >= 0.6 is 11.6 Å². The first kappa shape index (κ1) is 13.0. The zero-order valence-electron chi connectivity index (χ0n) is 9.81. The molecule has 18 heavy (non-hydrogen) atoms. The van der Waals surface area contributed by atoms with Crippen molar-refractivity contribution in [2.75, 3.05) is 7.05 Å². The Balaban J connectivity index is 2.46. The zero-order chi connectivity index (χ0) is 13.1. The van der Waals surface area contributed by atoms with E-state index in [1.54, 1.807) is 13.1 Å². The smallest absolute Gasteiger partial charge is 0.142 e. The van der Waals surface area contributed by atoms with E-state index in [1.807, 2.05) is 6.07 Å². The maximum Gasteiger partial charge on any atom is 0.142 e. The fraction of sp³-hybridized carbons (Fsp3) is 0.143. The van der Waals surface area contributed by atoms with Crippen LogP contribution in [0.1, 0.15) is 5.56 Å². The average molecular weight is 268 g/mol. The Hall–Kier alpha value is -1.45. The molecule has 0 aliphatic heterocycles. The van der Waals surface area contributed by atoms with E-state index in [1.165, 1.54) is 24.3 Å². The van der Waals surface area contributed by atoms with E-state index in [2.05, 4.69) is 5.32 Å². The van der Waals surface area contributed by atoms with Gasteiger partial charge in [-0.15, -0.1) is 0 Å². The van der Waals surface area contributed by atoms with Crippen LogP contribution in [0.5, 0.6) is 0 Å². The molecule has 2 rings (SSSR count). The van der Waals surface area contributed by atoms with Gasteiger partial charge in [-0.2, -0.15) is 0 Å². The molecule has 0 saturated heterocycles. The van der Waals surface area contributed by atoms with E-state index in [9.17, 15) is 8.78 Å². The molecule has 0 spiro atoms. The predicted octanol–water partition coefficient (Wildman–Crippen LogP) is 4.00. The van der Waals surface area contributed by atoms with Crippen LogP contribution < -0.4 is 5.32 Å². The fourth-order valence-electron chi connectivity index (χ4n) is 1.80. The third-order valence-electron chi connectivity index (χ3n) is 2.59. The average Bonchev–Trinajstić information content (AvgIpc) is 2.32. The van der Waals surface area contributed by atoms with E-state index in [4.69, 9.17) is 11.6 Å². The first-order valence-electron chi connectivity index (χ1n) is 5.49. The van der Waals surface area contributed by atoms with Crippen molar-refractivity contribution in [3.63, 3.8) is 0 Å². The Morgan fingerprint density at radius 3 is 2.50 bits per heavy atom. The highest BCUT2D eigenvalue weighted by molar-refractivity contribution is 6.30. The zero-order valence-corrected chi connectivity index (χ0v) is 10.6. The van der Waals surface area contributed by atoms with Crippen LogP contribution in [0, 0.1) is 11.6 Å². The maximum atomic E-state index is 13.5. The molecule has 0 atom stereocenters. The summed E-state index contributed by atoms with van der Waals surface area (Å²) in [6, 6.07) is 9.09. The van der Waals surface area contributed by atoms with Crippen LogP contribution in [-0.2, 0) is 6.54 Å². The van der Waals surface area contributed by atoms with Gasteiger partial charge in [0.05, 0.1) is 5.02 Å². The summed E-state index contributed by atoms with van der Waals surface area (Å²) in [6.07, 6.45) is 0. The van der Waals surface area contributed by atoms with Gasteiger partial charge in [0.2, 0.25) is 0 Å². The number of benzene rings is 2. The molecule has 0 unspecified atom stereocenters. The third kappa shape index (κ3) is 2.86. The van der Waals surface area contributed by atoms with Gasteiger partial charge in [-0.3, -0.25) is 0 Å². The Bertz CT molecular complexity index is 570. The molecule has 0 aromatic heterocycles. The molecule has 1 nitrogen and oxygen atoms in total. The standard InChI is InChI=1S/C14H12ClF2N/c1-18-8-9-4-11(6-12(16)5-9)10-2-3-13(15)14(17)7-10/h2-7,18H,8H2,1H3.